The highest BCUT2D eigenvalue weighted by Crippen LogP contribution is 2.35. The number of carbonyl (C=O) groups is 1. The fraction of sp³-hybridized carbons (Fsp3) is 0.550. The largest absolute Gasteiger partial charge is 0.465 e. The van der Waals surface area contributed by atoms with Crippen LogP contribution in [0.3, 0.4) is 0 Å². The smallest absolute Gasteiger partial charge is 0.331 e. The lowest BCUT2D eigenvalue weighted by Gasteiger charge is -2.26. The van der Waals surface area contributed by atoms with Crippen molar-refractivity contribution in [3.05, 3.63) is 35.4 Å². The number of benzene rings is 1. The zero-order valence-electron chi connectivity index (χ0n) is 14.3. The number of esters is 1. The van der Waals surface area contributed by atoms with Crippen molar-refractivity contribution in [2.45, 2.75) is 63.2 Å². The first kappa shape index (κ1) is 18.0. The molecule has 0 bridgehead atoms. The van der Waals surface area contributed by atoms with Crippen molar-refractivity contribution in [3.8, 4) is 12.1 Å². The van der Waals surface area contributed by atoms with Crippen molar-refractivity contribution < 1.29 is 9.53 Å². The number of nitriles is 2. The summed E-state index contributed by atoms with van der Waals surface area (Å²) < 4.78 is 5.13. The summed E-state index contributed by atoms with van der Waals surface area (Å²) in [6.07, 6.45) is 6.53. The van der Waals surface area contributed by atoms with Gasteiger partial charge in [-0.05, 0) is 43.2 Å². The van der Waals surface area contributed by atoms with Gasteiger partial charge in [0.05, 0.1) is 18.7 Å². The molecular formula is C20H24N2O2. The van der Waals surface area contributed by atoms with Crippen molar-refractivity contribution in [2.75, 3.05) is 6.61 Å². The minimum Gasteiger partial charge on any atom is -0.465 e. The molecule has 24 heavy (non-hydrogen) atoms. The summed E-state index contributed by atoms with van der Waals surface area (Å²) in [4.78, 5) is 12.4. The Hall–Kier alpha value is -2.33. The number of carbonyl (C=O) groups excluding carboxylic acids is 1. The van der Waals surface area contributed by atoms with E-state index in [-0.39, 0.29) is 19.4 Å². The first-order valence-electron chi connectivity index (χ1n) is 8.73. The Morgan fingerprint density at radius 3 is 2.42 bits per heavy atom. The Balaban J connectivity index is 2.30. The molecule has 0 heterocycles. The highest BCUT2D eigenvalue weighted by Gasteiger charge is 2.42. The second-order valence-corrected chi connectivity index (χ2v) is 6.35. The van der Waals surface area contributed by atoms with E-state index in [1.54, 1.807) is 6.92 Å². The Bertz CT molecular complexity index is 633. The molecule has 1 aromatic carbocycles. The molecule has 0 saturated heterocycles. The van der Waals surface area contributed by atoms with Gasteiger partial charge in [0, 0.05) is 6.42 Å². The van der Waals surface area contributed by atoms with E-state index in [9.17, 15) is 10.1 Å². The minimum absolute atomic E-state index is 0.136. The van der Waals surface area contributed by atoms with Crippen LogP contribution in [-0.4, -0.2) is 12.6 Å². The second-order valence-electron chi connectivity index (χ2n) is 6.35. The van der Waals surface area contributed by atoms with Gasteiger partial charge in [0.15, 0.2) is 5.41 Å². The van der Waals surface area contributed by atoms with Crippen LogP contribution in [0.4, 0.5) is 0 Å². The fourth-order valence-electron chi connectivity index (χ4n) is 3.50. The molecule has 1 aliphatic carbocycles. The Morgan fingerprint density at radius 2 is 1.88 bits per heavy atom. The van der Waals surface area contributed by atoms with Gasteiger partial charge < -0.3 is 4.74 Å². The van der Waals surface area contributed by atoms with Crippen molar-refractivity contribution in [1.82, 2.24) is 0 Å². The lowest BCUT2D eigenvalue weighted by molar-refractivity contribution is -0.148. The fourth-order valence-corrected chi connectivity index (χ4v) is 3.50. The maximum atomic E-state index is 12.4. The summed E-state index contributed by atoms with van der Waals surface area (Å²) in [7, 11) is 0. The summed E-state index contributed by atoms with van der Waals surface area (Å²) in [6.45, 7) is 1.94. The van der Waals surface area contributed by atoms with Crippen LogP contribution in [0.25, 0.3) is 0 Å². The predicted molar refractivity (Wildman–Crippen MR) is 91.0 cm³/mol. The standard InChI is InChI=1S/C20H24N2O2/c1-2-24-19(23)20(15-22,13-6-14-21)18-11-9-17(10-12-18)16-7-4-3-5-8-16/h9-12,16H,2-8,13H2,1H3/t20-/m0/s1. The van der Waals surface area contributed by atoms with E-state index in [4.69, 9.17) is 10.00 Å². The summed E-state index contributed by atoms with van der Waals surface area (Å²) >= 11 is 0. The molecule has 1 aliphatic rings. The van der Waals surface area contributed by atoms with Gasteiger partial charge in [-0.2, -0.15) is 10.5 Å². The zero-order valence-corrected chi connectivity index (χ0v) is 14.3. The van der Waals surface area contributed by atoms with Crippen LogP contribution in [0, 0.1) is 22.7 Å². The number of hydrogen-bond donors (Lipinski definition) is 0. The molecule has 1 atom stereocenters. The molecule has 0 amide bonds. The molecule has 126 valence electrons. The molecule has 1 aromatic rings. The van der Waals surface area contributed by atoms with Gasteiger partial charge in [-0.25, -0.2) is 4.79 Å². The van der Waals surface area contributed by atoms with E-state index in [0.29, 0.717) is 11.5 Å². The second kappa shape index (κ2) is 8.50. The lowest BCUT2D eigenvalue weighted by Crippen LogP contribution is -2.36. The van der Waals surface area contributed by atoms with Gasteiger partial charge in [-0.3, -0.25) is 0 Å². The molecule has 0 radical (unpaired) electrons. The van der Waals surface area contributed by atoms with Crippen LogP contribution >= 0.6 is 0 Å². The van der Waals surface area contributed by atoms with E-state index >= 15 is 0 Å². The van der Waals surface area contributed by atoms with E-state index < -0.39 is 11.4 Å². The van der Waals surface area contributed by atoms with Crippen LogP contribution in [0.15, 0.2) is 24.3 Å². The molecule has 1 saturated carbocycles. The Kier molecular flexibility index (Phi) is 6.38. The molecule has 0 aromatic heterocycles. The summed E-state index contributed by atoms with van der Waals surface area (Å²) in [5.41, 5.74) is 0.504. The van der Waals surface area contributed by atoms with Crippen LogP contribution in [0.5, 0.6) is 0 Å². The van der Waals surface area contributed by atoms with Crippen molar-refractivity contribution in [2.24, 2.45) is 0 Å². The summed E-state index contributed by atoms with van der Waals surface area (Å²) in [6, 6.07) is 11.9. The normalized spacial score (nSPS) is 17.3. The maximum absolute atomic E-state index is 12.4. The average molecular weight is 324 g/mol. The lowest BCUT2D eigenvalue weighted by atomic mass is 9.76. The van der Waals surface area contributed by atoms with Crippen molar-refractivity contribution >= 4 is 5.97 Å². The maximum Gasteiger partial charge on any atom is 0.331 e. The molecule has 0 unspecified atom stereocenters. The van der Waals surface area contributed by atoms with Crippen molar-refractivity contribution in [1.29, 1.82) is 10.5 Å². The number of ether oxygens (including phenoxy) is 1. The van der Waals surface area contributed by atoms with Gasteiger partial charge in [0.25, 0.3) is 0 Å². The quantitative estimate of drug-likeness (QED) is 0.729. The molecule has 2 rings (SSSR count). The highest BCUT2D eigenvalue weighted by molar-refractivity contribution is 5.86. The van der Waals surface area contributed by atoms with E-state index in [2.05, 4.69) is 6.07 Å². The molecule has 4 heteroatoms. The number of nitrogens with zero attached hydrogens (tertiary/aromatic N) is 2. The number of hydrogen-bond acceptors (Lipinski definition) is 4. The van der Waals surface area contributed by atoms with Crippen LogP contribution < -0.4 is 0 Å². The summed E-state index contributed by atoms with van der Waals surface area (Å²) in [5.74, 6) is 0.0131. The van der Waals surface area contributed by atoms with Crippen molar-refractivity contribution in [3.63, 3.8) is 0 Å². The third-order valence-corrected chi connectivity index (χ3v) is 4.91. The van der Waals surface area contributed by atoms with Gasteiger partial charge in [-0.15, -0.1) is 0 Å². The SMILES string of the molecule is CCOC(=O)[C@](C#N)(CCC#N)c1ccc(C2CCCCC2)cc1. The van der Waals surface area contributed by atoms with Gasteiger partial charge >= 0.3 is 5.97 Å². The first-order chi connectivity index (χ1) is 11.7. The average Bonchev–Trinajstić information content (AvgIpc) is 2.64. The predicted octanol–water partition coefficient (Wildman–Crippen LogP) is 4.36. The van der Waals surface area contributed by atoms with Crippen LogP contribution in [0.1, 0.15) is 68.9 Å². The molecule has 4 nitrogen and oxygen atoms in total. The topological polar surface area (TPSA) is 73.9 Å². The Labute approximate surface area is 144 Å². The van der Waals surface area contributed by atoms with Gasteiger partial charge in [-0.1, -0.05) is 43.5 Å². The molecule has 1 fully saturated rings. The number of rotatable bonds is 6. The molecule has 0 N–H and O–H groups in total. The van der Waals surface area contributed by atoms with E-state index in [1.165, 1.54) is 37.7 Å². The summed E-state index contributed by atoms with van der Waals surface area (Å²) in [5, 5.41) is 18.6. The zero-order chi connectivity index (χ0) is 17.4. The first-order valence-corrected chi connectivity index (χ1v) is 8.73. The van der Waals surface area contributed by atoms with E-state index in [0.717, 1.165) is 0 Å². The highest BCUT2D eigenvalue weighted by atomic mass is 16.5. The molecular weight excluding hydrogens is 300 g/mol. The van der Waals surface area contributed by atoms with E-state index in [1.807, 2.05) is 30.3 Å². The third kappa shape index (κ3) is 3.77. The van der Waals surface area contributed by atoms with Gasteiger partial charge in [0.1, 0.15) is 0 Å². The van der Waals surface area contributed by atoms with Crippen LogP contribution in [-0.2, 0) is 14.9 Å². The molecule has 0 spiro atoms. The van der Waals surface area contributed by atoms with Gasteiger partial charge in [0.2, 0.25) is 0 Å². The Morgan fingerprint density at radius 1 is 1.21 bits per heavy atom. The van der Waals surface area contributed by atoms with Crippen LogP contribution in [0.2, 0.25) is 0 Å². The minimum atomic E-state index is -1.39. The molecule has 0 aliphatic heterocycles. The monoisotopic (exact) mass is 324 g/mol. The third-order valence-electron chi connectivity index (χ3n) is 4.91.